The quantitative estimate of drug-likeness (QED) is 0.149. The van der Waals surface area contributed by atoms with Crippen molar-refractivity contribution in [3.05, 3.63) is 130 Å². The number of nitro groups is 1. The summed E-state index contributed by atoms with van der Waals surface area (Å²) >= 11 is 8.38. The van der Waals surface area contributed by atoms with Gasteiger partial charge in [-0.25, -0.2) is 9.79 Å². The van der Waals surface area contributed by atoms with Crippen molar-refractivity contribution < 1.29 is 14.5 Å². The van der Waals surface area contributed by atoms with Crippen molar-refractivity contribution in [1.82, 2.24) is 4.57 Å². The maximum atomic E-state index is 13.8. The molecule has 1 aromatic heterocycles. The lowest BCUT2D eigenvalue weighted by atomic mass is 9.95. The van der Waals surface area contributed by atoms with Crippen LogP contribution in [0.2, 0.25) is 5.02 Å². The second-order valence-electron chi connectivity index (χ2n) is 9.25. The second kappa shape index (κ2) is 11.9. The van der Waals surface area contributed by atoms with Crippen molar-refractivity contribution in [3.8, 4) is 0 Å². The number of hydrogen-bond acceptors (Lipinski definition) is 8. The first-order chi connectivity index (χ1) is 19.7. The average Bonchev–Trinajstić information content (AvgIpc) is 3.24. The second-order valence-corrected chi connectivity index (χ2v) is 11.8. The molecule has 11 heteroatoms. The summed E-state index contributed by atoms with van der Waals surface area (Å²) in [6.07, 6.45) is 1.61. The predicted octanol–water partition coefficient (Wildman–Crippen LogP) is 5.82. The van der Waals surface area contributed by atoms with E-state index < -0.39 is 16.9 Å². The number of nitro benzene ring substituents is 1. The van der Waals surface area contributed by atoms with E-state index in [0.29, 0.717) is 36.1 Å². The fraction of sp³-hybridized carbons (Fsp3) is 0.167. The third kappa shape index (κ3) is 5.90. The zero-order valence-electron chi connectivity index (χ0n) is 22.3. The summed E-state index contributed by atoms with van der Waals surface area (Å²) in [4.78, 5) is 44.6. The zero-order chi connectivity index (χ0) is 29.3. The number of hydrogen-bond donors (Lipinski definition) is 0. The first kappa shape index (κ1) is 28.5. The van der Waals surface area contributed by atoms with Gasteiger partial charge in [-0.1, -0.05) is 70.6 Å². The summed E-state index contributed by atoms with van der Waals surface area (Å²) in [5.74, 6) is -0.530. The Bertz CT molecular complexity index is 1880. The maximum absolute atomic E-state index is 13.8. The summed E-state index contributed by atoms with van der Waals surface area (Å²) in [5.41, 5.74) is 2.63. The molecule has 0 saturated heterocycles. The summed E-state index contributed by atoms with van der Waals surface area (Å²) in [6.45, 7) is 5.60. The van der Waals surface area contributed by atoms with E-state index in [1.54, 1.807) is 56.3 Å². The van der Waals surface area contributed by atoms with E-state index in [4.69, 9.17) is 16.3 Å². The van der Waals surface area contributed by atoms with E-state index in [9.17, 15) is 19.7 Å². The largest absolute Gasteiger partial charge is 0.463 e. The van der Waals surface area contributed by atoms with Crippen LogP contribution in [0.5, 0.6) is 0 Å². The number of aryl methyl sites for hydroxylation is 1. The van der Waals surface area contributed by atoms with Gasteiger partial charge in [0.2, 0.25) is 0 Å². The lowest BCUT2D eigenvalue weighted by Crippen LogP contribution is -2.39. The molecule has 1 aliphatic rings. The van der Waals surface area contributed by atoms with Crippen LogP contribution in [0.15, 0.2) is 97.6 Å². The van der Waals surface area contributed by atoms with Gasteiger partial charge in [-0.05, 0) is 68.3 Å². The summed E-state index contributed by atoms with van der Waals surface area (Å²) < 4.78 is 7.17. The molecule has 0 bridgehead atoms. The molecule has 41 heavy (non-hydrogen) atoms. The molecule has 1 unspecified atom stereocenters. The number of esters is 1. The summed E-state index contributed by atoms with van der Waals surface area (Å²) in [6, 6.07) is 18.8. The number of nitrogens with zero attached hydrogens (tertiary/aromatic N) is 3. The van der Waals surface area contributed by atoms with Crippen molar-refractivity contribution in [2.24, 2.45) is 4.99 Å². The molecule has 208 valence electrons. The van der Waals surface area contributed by atoms with E-state index in [2.05, 4.69) is 4.99 Å². The molecular formula is C30H24ClN3O5S2. The van der Waals surface area contributed by atoms with Crippen LogP contribution in [0, 0.1) is 17.0 Å². The molecule has 0 fully saturated rings. The third-order valence-corrected chi connectivity index (χ3v) is 8.74. The van der Waals surface area contributed by atoms with E-state index in [1.807, 2.05) is 31.2 Å². The van der Waals surface area contributed by atoms with Gasteiger partial charge in [0.25, 0.3) is 11.2 Å². The molecule has 1 atom stereocenters. The Morgan fingerprint density at radius 3 is 2.51 bits per heavy atom. The van der Waals surface area contributed by atoms with Gasteiger partial charge >= 0.3 is 5.97 Å². The molecule has 0 N–H and O–H groups in total. The van der Waals surface area contributed by atoms with Crippen LogP contribution < -0.4 is 14.9 Å². The number of rotatable bonds is 7. The van der Waals surface area contributed by atoms with Gasteiger partial charge in [-0.3, -0.25) is 19.5 Å². The highest BCUT2D eigenvalue weighted by molar-refractivity contribution is 7.99. The highest BCUT2D eigenvalue weighted by Crippen LogP contribution is 2.36. The van der Waals surface area contributed by atoms with Gasteiger partial charge in [0.1, 0.15) is 0 Å². The van der Waals surface area contributed by atoms with Gasteiger partial charge in [0.05, 0.1) is 38.3 Å². The summed E-state index contributed by atoms with van der Waals surface area (Å²) in [7, 11) is 0. The van der Waals surface area contributed by atoms with Crippen LogP contribution >= 0.6 is 34.7 Å². The van der Waals surface area contributed by atoms with Gasteiger partial charge < -0.3 is 4.74 Å². The molecular weight excluding hydrogens is 582 g/mol. The number of fused-ring (bicyclic) bond motifs is 1. The van der Waals surface area contributed by atoms with E-state index in [1.165, 1.54) is 33.7 Å². The van der Waals surface area contributed by atoms with Crippen molar-refractivity contribution in [3.63, 3.8) is 0 Å². The Morgan fingerprint density at radius 2 is 1.85 bits per heavy atom. The van der Waals surface area contributed by atoms with Crippen molar-refractivity contribution in [1.29, 1.82) is 0 Å². The molecule has 8 nitrogen and oxygen atoms in total. The van der Waals surface area contributed by atoms with Crippen molar-refractivity contribution >= 4 is 52.4 Å². The smallest absolute Gasteiger partial charge is 0.338 e. The molecule has 0 radical (unpaired) electrons. The highest BCUT2D eigenvalue weighted by Gasteiger charge is 2.33. The average molecular weight is 606 g/mol. The Balaban J connectivity index is 1.61. The normalized spacial score (nSPS) is 14.9. The van der Waals surface area contributed by atoms with Crippen LogP contribution in [0.4, 0.5) is 5.69 Å². The molecule has 2 heterocycles. The molecule has 0 saturated carbocycles. The highest BCUT2D eigenvalue weighted by atomic mass is 35.5. The van der Waals surface area contributed by atoms with Crippen molar-refractivity contribution in [2.75, 3.05) is 6.61 Å². The number of ether oxygens (including phenoxy) is 1. The monoisotopic (exact) mass is 605 g/mol. The van der Waals surface area contributed by atoms with Crippen LogP contribution in [-0.2, 0) is 9.53 Å². The topological polar surface area (TPSA) is 104 Å². The Kier molecular flexibility index (Phi) is 8.25. The van der Waals surface area contributed by atoms with E-state index >= 15 is 0 Å². The van der Waals surface area contributed by atoms with Crippen LogP contribution in [-0.4, -0.2) is 22.1 Å². The number of allylic oxidation sites excluding steroid dienone is 1. The number of aromatic nitrogens is 1. The first-order valence-corrected chi connectivity index (χ1v) is 14.7. The van der Waals surface area contributed by atoms with Gasteiger partial charge in [0, 0.05) is 16.0 Å². The maximum Gasteiger partial charge on any atom is 0.338 e. The zero-order valence-corrected chi connectivity index (χ0v) is 24.7. The molecule has 0 aliphatic carbocycles. The number of benzene rings is 3. The minimum absolute atomic E-state index is 0.0792. The van der Waals surface area contributed by atoms with E-state index in [-0.39, 0.29) is 17.9 Å². The Morgan fingerprint density at radius 1 is 1.15 bits per heavy atom. The van der Waals surface area contributed by atoms with Gasteiger partial charge in [-0.2, -0.15) is 0 Å². The predicted molar refractivity (Wildman–Crippen MR) is 160 cm³/mol. The van der Waals surface area contributed by atoms with Crippen LogP contribution in [0.3, 0.4) is 0 Å². The first-order valence-electron chi connectivity index (χ1n) is 12.6. The molecule has 4 aromatic rings. The van der Waals surface area contributed by atoms with E-state index in [0.717, 1.165) is 16.0 Å². The standard InChI is InChI=1S/C30H24ClN3O5S2/c1-4-39-29(36)26-18(3)32-30-33(27(26)20-8-5-17(2)6-9-20)28(35)25(41-30)16-19-7-14-24(23(15-19)34(37)38)40-22-12-10-21(31)11-13-22/h5-16,27H,4H2,1-3H3/b25-16+. The fourth-order valence-corrected chi connectivity index (χ4v) is 6.56. The van der Waals surface area contributed by atoms with Crippen LogP contribution in [0.25, 0.3) is 6.08 Å². The van der Waals surface area contributed by atoms with Gasteiger partial charge in [-0.15, -0.1) is 0 Å². The third-order valence-electron chi connectivity index (χ3n) is 6.43. The lowest BCUT2D eigenvalue weighted by molar-refractivity contribution is -0.387. The summed E-state index contributed by atoms with van der Waals surface area (Å²) in [5, 5.41) is 12.5. The minimum atomic E-state index is -0.722. The van der Waals surface area contributed by atoms with Crippen molar-refractivity contribution in [2.45, 2.75) is 36.6 Å². The van der Waals surface area contributed by atoms with Gasteiger partial charge in [0.15, 0.2) is 4.80 Å². The molecule has 5 rings (SSSR count). The molecule has 0 amide bonds. The molecule has 3 aromatic carbocycles. The number of carbonyl (C=O) groups is 1. The Labute approximate surface area is 248 Å². The number of halogens is 1. The SMILES string of the molecule is CCOC(=O)C1=C(C)N=c2s/c(=C/c3ccc(Sc4ccc(Cl)cc4)c([N+](=O)[O-])c3)c(=O)n2C1c1ccc(C)cc1. The van der Waals surface area contributed by atoms with Crippen LogP contribution in [0.1, 0.15) is 36.6 Å². The lowest BCUT2D eigenvalue weighted by Gasteiger charge is -2.24. The fourth-order valence-electron chi connectivity index (χ4n) is 4.49. The molecule has 0 spiro atoms. The minimum Gasteiger partial charge on any atom is -0.463 e. The Hall–Kier alpha value is -3.99. The number of carbonyl (C=O) groups excluding carboxylic acids is 1. The molecule has 1 aliphatic heterocycles. The number of thiazole rings is 1.